The van der Waals surface area contributed by atoms with Crippen LogP contribution in [0.2, 0.25) is 0 Å². The van der Waals surface area contributed by atoms with Crippen LogP contribution in [0.1, 0.15) is 32.8 Å². The molecule has 4 heteroatoms. The summed E-state index contributed by atoms with van der Waals surface area (Å²) in [6, 6.07) is 10.9. The maximum absolute atomic E-state index is 12.3. The number of rotatable bonds is 6. The lowest BCUT2D eigenvalue weighted by molar-refractivity contribution is -0.140. The van der Waals surface area contributed by atoms with Crippen LogP contribution in [0, 0.1) is 5.92 Å². The van der Waals surface area contributed by atoms with Gasteiger partial charge in [0.15, 0.2) is 0 Å². The molecule has 1 heterocycles. The van der Waals surface area contributed by atoms with Gasteiger partial charge in [-0.2, -0.15) is 0 Å². The molecule has 4 nitrogen and oxygen atoms in total. The molecule has 2 atom stereocenters. The van der Waals surface area contributed by atoms with Crippen molar-refractivity contribution in [2.45, 2.75) is 45.9 Å². The minimum absolute atomic E-state index is 0.0899. The van der Waals surface area contributed by atoms with Crippen LogP contribution in [0.25, 0.3) is 0 Å². The van der Waals surface area contributed by atoms with Crippen molar-refractivity contribution < 1.29 is 9.53 Å². The fourth-order valence-corrected chi connectivity index (χ4v) is 3.30. The van der Waals surface area contributed by atoms with Gasteiger partial charge in [0.2, 0.25) is 5.91 Å². The van der Waals surface area contributed by atoms with Gasteiger partial charge < -0.3 is 9.64 Å². The molecule has 0 spiro atoms. The van der Waals surface area contributed by atoms with Crippen LogP contribution in [0.5, 0.6) is 0 Å². The Bertz CT molecular complexity index is 489. The van der Waals surface area contributed by atoms with Gasteiger partial charge in [-0.1, -0.05) is 37.3 Å². The maximum atomic E-state index is 12.3. The first-order valence-corrected chi connectivity index (χ1v) is 8.61. The van der Waals surface area contributed by atoms with Crippen molar-refractivity contribution in [3.63, 3.8) is 0 Å². The lowest BCUT2D eigenvalue weighted by atomic mass is 9.92. The Labute approximate surface area is 140 Å². The van der Waals surface area contributed by atoms with Gasteiger partial charge in [0.05, 0.1) is 6.10 Å². The number of hydrogen-bond donors (Lipinski definition) is 0. The Hall–Kier alpha value is -1.39. The van der Waals surface area contributed by atoms with Crippen molar-refractivity contribution in [1.29, 1.82) is 0 Å². The first kappa shape index (κ1) is 18.0. The van der Waals surface area contributed by atoms with E-state index < -0.39 is 0 Å². The number of carbonyl (C=O) groups is 1. The molecule has 0 radical (unpaired) electrons. The molecule has 1 aromatic rings. The number of hydrogen-bond acceptors (Lipinski definition) is 3. The van der Waals surface area contributed by atoms with Crippen molar-refractivity contribution in [3.8, 4) is 0 Å². The molecule has 0 saturated carbocycles. The largest absolute Gasteiger partial charge is 0.369 e. The molecular formula is C19H30N2O2. The second-order valence-electron chi connectivity index (χ2n) is 6.92. The second-order valence-corrected chi connectivity index (χ2v) is 6.92. The highest BCUT2D eigenvalue weighted by Gasteiger charge is 2.31. The number of piperidine rings is 1. The van der Waals surface area contributed by atoms with Gasteiger partial charge in [-0.15, -0.1) is 0 Å². The van der Waals surface area contributed by atoms with E-state index in [9.17, 15) is 4.79 Å². The first-order chi connectivity index (χ1) is 11.0. The monoisotopic (exact) mass is 318 g/mol. The van der Waals surface area contributed by atoms with Crippen molar-refractivity contribution in [2.24, 2.45) is 5.92 Å². The first-order valence-electron chi connectivity index (χ1n) is 8.61. The van der Waals surface area contributed by atoms with Crippen LogP contribution in [0.4, 0.5) is 0 Å². The van der Waals surface area contributed by atoms with Gasteiger partial charge in [-0.3, -0.25) is 9.69 Å². The third-order valence-electron chi connectivity index (χ3n) is 4.62. The maximum Gasteiger partial charge on any atom is 0.248 e. The van der Waals surface area contributed by atoms with Gasteiger partial charge in [0, 0.05) is 32.7 Å². The normalized spacial score (nSPS) is 22.3. The van der Waals surface area contributed by atoms with Gasteiger partial charge in [-0.25, -0.2) is 0 Å². The van der Waals surface area contributed by atoms with Crippen LogP contribution >= 0.6 is 0 Å². The zero-order valence-electron chi connectivity index (χ0n) is 14.9. The van der Waals surface area contributed by atoms with Crippen LogP contribution in [0.3, 0.4) is 0 Å². The molecule has 0 unspecified atom stereocenters. The molecule has 2 rings (SSSR count). The standard InChI is InChI=1S/C19H30N2O2/c1-15(2)23-14-19(22)20(4)18-10-11-21(12-16(18)3)13-17-8-6-5-7-9-17/h5-9,15-16,18H,10-14H2,1-4H3/t16-,18-/m0/s1. The number of likely N-dealkylation sites (tertiary alicyclic amines) is 1. The van der Waals surface area contributed by atoms with Crippen LogP contribution in [0.15, 0.2) is 30.3 Å². The van der Waals surface area contributed by atoms with E-state index in [2.05, 4.69) is 42.2 Å². The molecule has 1 aliphatic rings. The predicted octanol–water partition coefficient (Wildman–Crippen LogP) is 2.78. The summed E-state index contributed by atoms with van der Waals surface area (Å²) in [6.45, 7) is 9.40. The molecule has 0 aliphatic carbocycles. The molecule has 1 amide bonds. The van der Waals surface area contributed by atoms with Crippen molar-refractivity contribution in [1.82, 2.24) is 9.80 Å². The zero-order valence-corrected chi connectivity index (χ0v) is 14.9. The fraction of sp³-hybridized carbons (Fsp3) is 0.632. The van der Waals surface area contributed by atoms with Crippen molar-refractivity contribution >= 4 is 5.91 Å². The third kappa shape index (κ3) is 5.33. The molecule has 1 fully saturated rings. The van der Waals surface area contributed by atoms with E-state index in [1.54, 1.807) is 0 Å². The Kier molecular flexibility index (Phi) is 6.60. The van der Waals surface area contributed by atoms with Crippen LogP contribution in [-0.2, 0) is 16.1 Å². The zero-order chi connectivity index (χ0) is 16.8. The second kappa shape index (κ2) is 8.46. The number of nitrogens with zero attached hydrogens (tertiary/aromatic N) is 2. The van der Waals surface area contributed by atoms with Crippen molar-refractivity contribution in [3.05, 3.63) is 35.9 Å². The quantitative estimate of drug-likeness (QED) is 0.808. The highest BCUT2D eigenvalue weighted by Crippen LogP contribution is 2.23. The molecular weight excluding hydrogens is 288 g/mol. The Morgan fingerprint density at radius 2 is 2.04 bits per heavy atom. The van der Waals surface area contributed by atoms with Crippen molar-refractivity contribution in [2.75, 3.05) is 26.7 Å². The molecule has 1 aromatic carbocycles. The fourth-order valence-electron chi connectivity index (χ4n) is 3.30. The Morgan fingerprint density at radius 3 is 2.65 bits per heavy atom. The van der Waals surface area contributed by atoms with E-state index in [1.807, 2.05) is 25.8 Å². The topological polar surface area (TPSA) is 32.8 Å². The summed E-state index contributed by atoms with van der Waals surface area (Å²) in [4.78, 5) is 16.6. The van der Waals surface area contributed by atoms with Crippen LogP contribution in [-0.4, -0.2) is 54.6 Å². The Morgan fingerprint density at radius 1 is 1.35 bits per heavy atom. The minimum atomic E-state index is 0.0899. The summed E-state index contributed by atoms with van der Waals surface area (Å²) >= 11 is 0. The average Bonchev–Trinajstić information content (AvgIpc) is 2.53. The number of ether oxygens (including phenoxy) is 1. The predicted molar refractivity (Wildman–Crippen MR) is 93.1 cm³/mol. The highest BCUT2D eigenvalue weighted by molar-refractivity contribution is 5.77. The van der Waals surface area contributed by atoms with E-state index in [-0.39, 0.29) is 18.6 Å². The summed E-state index contributed by atoms with van der Waals surface area (Å²) in [6.07, 6.45) is 1.12. The van der Waals surface area contributed by atoms with E-state index in [4.69, 9.17) is 4.74 Å². The van der Waals surface area contributed by atoms with Gasteiger partial charge in [-0.05, 0) is 31.7 Å². The van der Waals surface area contributed by atoms with Gasteiger partial charge in [0.1, 0.15) is 6.61 Å². The number of carbonyl (C=O) groups excluding carboxylic acids is 1. The molecule has 128 valence electrons. The van der Waals surface area contributed by atoms with Crippen LogP contribution < -0.4 is 0 Å². The molecule has 1 saturated heterocycles. The lowest BCUT2D eigenvalue weighted by Gasteiger charge is -2.41. The lowest BCUT2D eigenvalue weighted by Crippen LogP contribution is -2.51. The summed E-state index contributed by atoms with van der Waals surface area (Å²) in [5.41, 5.74) is 1.35. The molecule has 0 N–H and O–H groups in total. The minimum Gasteiger partial charge on any atom is -0.369 e. The average molecular weight is 318 g/mol. The summed E-state index contributed by atoms with van der Waals surface area (Å²) in [7, 11) is 1.92. The molecule has 1 aliphatic heterocycles. The summed E-state index contributed by atoms with van der Waals surface area (Å²) < 4.78 is 5.45. The van der Waals surface area contributed by atoms with E-state index in [0.29, 0.717) is 12.0 Å². The van der Waals surface area contributed by atoms with E-state index in [0.717, 1.165) is 26.1 Å². The number of amides is 1. The van der Waals surface area contributed by atoms with E-state index >= 15 is 0 Å². The summed E-state index contributed by atoms with van der Waals surface area (Å²) in [5, 5.41) is 0. The smallest absolute Gasteiger partial charge is 0.248 e. The van der Waals surface area contributed by atoms with Gasteiger partial charge >= 0.3 is 0 Å². The van der Waals surface area contributed by atoms with Gasteiger partial charge in [0.25, 0.3) is 0 Å². The van der Waals surface area contributed by atoms with E-state index in [1.165, 1.54) is 5.56 Å². The molecule has 23 heavy (non-hydrogen) atoms. The SMILES string of the molecule is CC(C)OCC(=O)N(C)[C@H]1CCN(Cc2ccccc2)C[C@@H]1C. The third-order valence-corrected chi connectivity index (χ3v) is 4.62. The highest BCUT2D eigenvalue weighted by atomic mass is 16.5. The molecule has 0 aromatic heterocycles. The number of likely N-dealkylation sites (N-methyl/N-ethyl adjacent to an activating group) is 1. The summed E-state index contributed by atoms with van der Waals surface area (Å²) in [5.74, 6) is 0.563. The number of benzene rings is 1. The molecule has 0 bridgehead atoms. The Balaban J connectivity index is 1.84.